The van der Waals surface area contributed by atoms with Gasteiger partial charge < -0.3 is 5.32 Å². The molecular formula is C18H24N2O3. The summed E-state index contributed by atoms with van der Waals surface area (Å²) in [6.45, 7) is 5.00. The van der Waals surface area contributed by atoms with Gasteiger partial charge in [-0.1, -0.05) is 44.2 Å². The van der Waals surface area contributed by atoms with Gasteiger partial charge in [0, 0.05) is 38.3 Å². The van der Waals surface area contributed by atoms with Gasteiger partial charge in [0.25, 0.3) is 0 Å². The van der Waals surface area contributed by atoms with E-state index in [-0.39, 0.29) is 49.4 Å². The van der Waals surface area contributed by atoms with Crippen molar-refractivity contribution in [3.63, 3.8) is 0 Å². The van der Waals surface area contributed by atoms with E-state index in [0.717, 1.165) is 0 Å². The lowest BCUT2D eigenvalue weighted by molar-refractivity contribution is -0.138. The summed E-state index contributed by atoms with van der Waals surface area (Å²) >= 11 is 0. The largest absolute Gasteiger partial charge is 0.355 e. The smallest absolute Gasteiger partial charge is 0.229 e. The summed E-state index contributed by atoms with van der Waals surface area (Å²) in [6.07, 6.45) is 0.699. The number of carbonyl (C=O) groups excluding carboxylic acids is 3. The van der Waals surface area contributed by atoms with Crippen molar-refractivity contribution < 1.29 is 14.4 Å². The van der Waals surface area contributed by atoms with E-state index in [1.807, 2.05) is 18.2 Å². The van der Waals surface area contributed by atoms with Crippen LogP contribution in [-0.2, 0) is 14.4 Å². The Labute approximate surface area is 137 Å². The van der Waals surface area contributed by atoms with Crippen molar-refractivity contribution in [2.24, 2.45) is 5.92 Å². The van der Waals surface area contributed by atoms with E-state index < -0.39 is 0 Å². The van der Waals surface area contributed by atoms with E-state index in [9.17, 15) is 14.4 Å². The second kappa shape index (κ2) is 7.90. The van der Waals surface area contributed by atoms with Crippen molar-refractivity contribution in [2.75, 3.05) is 13.1 Å². The fraction of sp³-hybridized carbons (Fsp3) is 0.500. The minimum atomic E-state index is -0.174. The molecule has 23 heavy (non-hydrogen) atoms. The zero-order valence-electron chi connectivity index (χ0n) is 13.7. The van der Waals surface area contributed by atoms with E-state index in [1.165, 1.54) is 10.5 Å². The third-order valence-corrected chi connectivity index (χ3v) is 4.27. The topological polar surface area (TPSA) is 66.5 Å². The third-order valence-electron chi connectivity index (χ3n) is 4.27. The van der Waals surface area contributed by atoms with Crippen LogP contribution in [-0.4, -0.2) is 35.7 Å². The average molecular weight is 316 g/mol. The number of imide groups is 1. The van der Waals surface area contributed by atoms with Crippen molar-refractivity contribution >= 4 is 17.7 Å². The molecule has 1 atom stereocenters. The van der Waals surface area contributed by atoms with Crippen molar-refractivity contribution in [2.45, 2.75) is 39.0 Å². The Morgan fingerprint density at radius 1 is 1.13 bits per heavy atom. The minimum absolute atomic E-state index is 0.126. The molecule has 1 aromatic carbocycles. The zero-order valence-corrected chi connectivity index (χ0v) is 13.7. The molecule has 1 aliphatic heterocycles. The average Bonchev–Trinajstić information content (AvgIpc) is 2.85. The number of likely N-dealkylation sites (tertiary alicyclic amines) is 1. The number of nitrogens with zero attached hydrogens (tertiary/aromatic N) is 1. The van der Waals surface area contributed by atoms with Crippen molar-refractivity contribution in [3.8, 4) is 0 Å². The summed E-state index contributed by atoms with van der Waals surface area (Å²) in [5.41, 5.74) is 1.20. The minimum Gasteiger partial charge on any atom is -0.355 e. The van der Waals surface area contributed by atoms with Gasteiger partial charge in [0.15, 0.2) is 0 Å². The molecule has 5 nitrogen and oxygen atoms in total. The molecule has 0 unspecified atom stereocenters. The molecule has 1 fully saturated rings. The Morgan fingerprint density at radius 2 is 1.74 bits per heavy atom. The predicted octanol–water partition coefficient (Wildman–Crippen LogP) is 2.08. The molecule has 1 saturated heterocycles. The van der Waals surface area contributed by atoms with Gasteiger partial charge in [-0.05, 0) is 11.5 Å². The number of hydrogen-bond acceptors (Lipinski definition) is 3. The lowest BCUT2D eigenvalue weighted by Crippen LogP contribution is -2.35. The number of carbonyl (C=O) groups is 3. The Kier molecular flexibility index (Phi) is 5.90. The first-order chi connectivity index (χ1) is 11.0. The summed E-state index contributed by atoms with van der Waals surface area (Å²) in [6, 6.07) is 10.1. The zero-order chi connectivity index (χ0) is 16.8. The van der Waals surface area contributed by atoms with Crippen LogP contribution < -0.4 is 5.32 Å². The highest BCUT2D eigenvalue weighted by Gasteiger charge is 2.28. The molecule has 0 bridgehead atoms. The van der Waals surface area contributed by atoms with Crippen LogP contribution in [0.2, 0.25) is 0 Å². The van der Waals surface area contributed by atoms with E-state index in [1.54, 1.807) is 0 Å². The normalized spacial score (nSPS) is 16.0. The Morgan fingerprint density at radius 3 is 2.30 bits per heavy atom. The molecule has 0 saturated carbocycles. The molecule has 2 rings (SSSR count). The van der Waals surface area contributed by atoms with Crippen LogP contribution in [0.3, 0.4) is 0 Å². The van der Waals surface area contributed by atoms with Crippen LogP contribution in [0, 0.1) is 5.92 Å². The second-order valence-electron chi connectivity index (χ2n) is 6.25. The first-order valence-electron chi connectivity index (χ1n) is 8.14. The van der Waals surface area contributed by atoms with Gasteiger partial charge in [0.05, 0.1) is 0 Å². The lowest BCUT2D eigenvalue weighted by atomic mass is 9.88. The van der Waals surface area contributed by atoms with Gasteiger partial charge in [0.2, 0.25) is 17.7 Å². The third kappa shape index (κ3) is 4.65. The number of rotatable bonds is 7. The van der Waals surface area contributed by atoms with Gasteiger partial charge >= 0.3 is 0 Å². The molecular weight excluding hydrogens is 292 g/mol. The first kappa shape index (κ1) is 17.2. The van der Waals surface area contributed by atoms with E-state index in [0.29, 0.717) is 12.5 Å². The monoisotopic (exact) mass is 316 g/mol. The highest BCUT2D eigenvalue weighted by atomic mass is 16.2. The maximum absolute atomic E-state index is 12.0. The summed E-state index contributed by atoms with van der Waals surface area (Å²) in [7, 11) is 0. The van der Waals surface area contributed by atoms with Gasteiger partial charge in [0.1, 0.15) is 0 Å². The molecule has 0 radical (unpaired) electrons. The van der Waals surface area contributed by atoms with E-state index >= 15 is 0 Å². The summed E-state index contributed by atoms with van der Waals surface area (Å²) in [4.78, 5) is 36.2. The molecule has 1 N–H and O–H groups in total. The Hall–Kier alpha value is -2.17. The maximum Gasteiger partial charge on any atom is 0.229 e. The standard InChI is InChI=1S/C18H24N2O3/c1-13(2)15(14-6-4-3-5-7-14)12-19-16(21)10-11-20-17(22)8-9-18(20)23/h3-7,13,15H,8-12H2,1-2H3,(H,19,21)/t15-/m1/s1. The number of hydrogen-bond donors (Lipinski definition) is 1. The molecule has 1 heterocycles. The van der Waals surface area contributed by atoms with Crippen LogP contribution in [0.5, 0.6) is 0 Å². The molecule has 1 aliphatic rings. The summed E-state index contributed by atoms with van der Waals surface area (Å²) < 4.78 is 0. The molecule has 1 aromatic rings. The summed E-state index contributed by atoms with van der Waals surface area (Å²) in [5.74, 6) is 0.174. The van der Waals surface area contributed by atoms with Crippen LogP contribution in [0.15, 0.2) is 30.3 Å². The van der Waals surface area contributed by atoms with Crippen molar-refractivity contribution in [1.82, 2.24) is 10.2 Å². The fourth-order valence-corrected chi connectivity index (χ4v) is 2.84. The van der Waals surface area contributed by atoms with Gasteiger partial charge in [-0.25, -0.2) is 0 Å². The van der Waals surface area contributed by atoms with Crippen LogP contribution in [0.1, 0.15) is 44.6 Å². The van der Waals surface area contributed by atoms with E-state index in [2.05, 4.69) is 31.3 Å². The van der Waals surface area contributed by atoms with Crippen LogP contribution >= 0.6 is 0 Å². The van der Waals surface area contributed by atoms with Gasteiger partial charge in [-0.2, -0.15) is 0 Å². The molecule has 0 aromatic heterocycles. The van der Waals surface area contributed by atoms with Crippen molar-refractivity contribution in [3.05, 3.63) is 35.9 Å². The quantitative estimate of drug-likeness (QED) is 0.783. The first-order valence-corrected chi connectivity index (χ1v) is 8.14. The molecule has 5 heteroatoms. The highest BCUT2D eigenvalue weighted by Crippen LogP contribution is 2.23. The molecule has 3 amide bonds. The highest BCUT2D eigenvalue weighted by molar-refractivity contribution is 6.02. The van der Waals surface area contributed by atoms with Gasteiger partial charge in [-0.3, -0.25) is 19.3 Å². The van der Waals surface area contributed by atoms with Crippen LogP contribution in [0.25, 0.3) is 0 Å². The SMILES string of the molecule is CC(C)[C@@H](CNC(=O)CCN1C(=O)CCC1=O)c1ccccc1. The van der Waals surface area contributed by atoms with Gasteiger partial charge in [-0.15, -0.1) is 0 Å². The number of benzene rings is 1. The summed E-state index contributed by atoms with van der Waals surface area (Å²) in [5, 5.41) is 2.93. The predicted molar refractivity (Wildman–Crippen MR) is 87.6 cm³/mol. The second-order valence-corrected chi connectivity index (χ2v) is 6.25. The Bertz CT molecular complexity index is 553. The number of amides is 3. The number of nitrogens with one attached hydrogen (secondary N) is 1. The fourth-order valence-electron chi connectivity index (χ4n) is 2.84. The molecule has 124 valence electrons. The van der Waals surface area contributed by atoms with Crippen LogP contribution in [0.4, 0.5) is 0 Å². The molecule has 0 spiro atoms. The van der Waals surface area contributed by atoms with E-state index in [4.69, 9.17) is 0 Å². The maximum atomic E-state index is 12.0. The lowest BCUT2D eigenvalue weighted by Gasteiger charge is -2.22. The molecule has 0 aliphatic carbocycles. The van der Waals surface area contributed by atoms with Crippen molar-refractivity contribution in [1.29, 1.82) is 0 Å². The Balaban J connectivity index is 1.82.